The van der Waals surface area contributed by atoms with Crippen molar-refractivity contribution in [3.8, 4) is 0 Å². The van der Waals surface area contributed by atoms with Gasteiger partial charge in [-0.1, -0.05) is 31.4 Å². The van der Waals surface area contributed by atoms with Crippen molar-refractivity contribution in [2.75, 3.05) is 11.9 Å². The second-order valence-electron chi connectivity index (χ2n) is 7.76. The Kier molecular flexibility index (Phi) is 5.33. The van der Waals surface area contributed by atoms with Gasteiger partial charge in [0.2, 0.25) is 5.91 Å². The molecule has 0 radical (unpaired) electrons. The van der Waals surface area contributed by atoms with Crippen molar-refractivity contribution in [1.82, 2.24) is 19.8 Å². The lowest BCUT2D eigenvalue weighted by atomic mass is 9.82. The molecule has 0 bridgehead atoms. The van der Waals surface area contributed by atoms with Crippen molar-refractivity contribution in [1.29, 1.82) is 0 Å². The fraction of sp³-hybridized carbons (Fsp3) is 0.429. The summed E-state index contributed by atoms with van der Waals surface area (Å²) in [4.78, 5) is 42.6. The van der Waals surface area contributed by atoms with Crippen LogP contribution in [0.15, 0.2) is 43.0 Å². The molecule has 1 aliphatic carbocycles. The number of carbonyl (C=O) groups excluding carboxylic acids is 3. The van der Waals surface area contributed by atoms with Crippen molar-refractivity contribution in [2.45, 2.75) is 50.6 Å². The Hall–Kier alpha value is -3.16. The standard InChI is InChI=1S/C21H25N5O3/c27-18(23-17-6-4-5-16(13-17)14-25-12-10-22-15-25)7-11-26-19(28)21(24-20(26)29)8-2-1-3-9-21/h4-6,10,12-13,15H,1-3,7-9,11,14H2,(H,23,27)(H,24,29). The Morgan fingerprint density at radius 1 is 1.21 bits per heavy atom. The monoisotopic (exact) mass is 395 g/mol. The van der Waals surface area contributed by atoms with Gasteiger partial charge in [-0.2, -0.15) is 0 Å². The Balaban J connectivity index is 1.32. The molecule has 1 aromatic heterocycles. The zero-order valence-corrected chi connectivity index (χ0v) is 16.3. The number of anilines is 1. The van der Waals surface area contributed by atoms with Crippen LogP contribution in [0.5, 0.6) is 0 Å². The van der Waals surface area contributed by atoms with E-state index in [-0.39, 0.29) is 30.8 Å². The van der Waals surface area contributed by atoms with Crippen LogP contribution in [-0.4, -0.2) is 44.4 Å². The second kappa shape index (κ2) is 8.06. The molecule has 2 heterocycles. The maximum atomic E-state index is 12.8. The molecule has 1 saturated heterocycles. The number of imidazole rings is 1. The first-order valence-corrected chi connectivity index (χ1v) is 10.0. The number of urea groups is 1. The summed E-state index contributed by atoms with van der Waals surface area (Å²) in [7, 11) is 0. The van der Waals surface area contributed by atoms with Crippen LogP contribution in [-0.2, 0) is 16.1 Å². The van der Waals surface area contributed by atoms with Gasteiger partial charge in [0.05, 0.1) is 6.33 Å². The van der Waals surface area contributed by atoms with E-state index in [1.807, 2.05) is 35.0 Å². The lowest BCUT2D eigenvalue weighted by Gasteiger charge is -2.30. The van der Waals surface area contributed by atoms with Gasteiger partial charge in [-0.05, 0) is 30.5 Å². The van der Waals surface area contributed by atoms with Crippen LogP contribution in [0.25, 0.3) is 0 Å². The smallest absolute Gasteiger partial charge is 0.325 e. The molecule has 2 fully saturated rings. The van der Waals surface area contributed by atoms with E-state index in [9.17, 15) is 14.4 Å². The number of amides is 4. The molecule has 1 spiro atoms. The predicted octanol–water partition coefficient (Wildman–Crippen LogP) is 2.51. The number of nitrogens with one attached hydrogen (secondary N) is 2. The molecular weight excluding hydrogens is 370 g/mol. The number of benzene rings is 1. The molecule has 4 rings (SSSR count). The summed E-state index contributed by atoms with van der Waals surface area (Å²) in [5, 5.41) is 5.72. The van der Waals surface area contributed by atoms with Gasteiger partial charge in [-0.3, -0.25) is 14.5 Å². The lowest BCUT2D eigenvalue weighted by molar-refractivity contribution is -0.132. The normalized spacial score (nSPS) is 18.1. The number of carbonyl (C=O) groups is 3. The average molecular weight is 395 g/mol. The van der Waals surface area contributed by atoms with Crippen LogP contribution < -0.4 is 10.6 Å². The van der Waals surface area contributed by atoms with Gasteiger partial charge < -0.3 is 15.2 Å². The fourth-order valence-electron chi connectivity index (χ4n) is 4.15. The first-order valence-electron chi connectivity index (χ1n) is 10.0. The summed E-state index contributed by atoms with van der Waals surface area (Å²) < 4.78 is 1.94. The molecule has 2 aliphatic rings. The third-order valence-corrected chi connectivity index (χ3v) is 5.65. The average Bonchev–Trinajstić information content (AvgIpc) is 3.29. The highest BCUT2D eigenvalue weighted by Gasteiger charge is 2.51. The van der Waals surface area contributed by atoms with Crippen molar-refractivity contribution < 1.29 is 14.4 Å². The van der Waals surface area contributed by atoms with Crippen LogP contribution in [0.3, 0.4) is 0 Å². The van der Waals surface area contributed by atoms with Gasteiger partial charge in [0.15, 0.2) is 0 Å². The third-order valence-electron chi connectivity index (χ3n) is 5.65. The quantitative estimate of drug-likeness (QED) is 0.735. The number of imide groups is 1. The van der Waals surface area contributed by atoms with Crippen molar-refractivity contribution in [3.63, 3.8) is 0 Å². The topological polar surface area (TPSA) is 96.3 Å². The number of nitrogens with zero attached hydrogens (tertiary/aromatic N) is 3. The molecule has 2 aromatic rings. The van der Waals surface area contributed by atoms with Gasteiger partial charge in [-0.25, -0.2) is 9.78 Å². The van der Waals surface area contributed by atoms with Gasteiger partial charge in [-0.15, -0.1) is 0 Å². The molecule has 29 heavy (non-hydrogen) atoms. The summed E-state index contributed by atoms with van der Waals surface area (Å²) in [5.74, 6) is -0.410. The van der Waals surface area contributed by atoms with Crippen molar-refractivity contribution >= 4 is 23.5 Å². The second-order valence-corrected chi connectivity index (χ2v) is 7.76. The van der Waals surface area contributed by atoms with Gasteiger partial charge in [0.25, 0.3) is 5.91 Å². The van der Waals surface area contributed by atoms with E-state index < -0.39 is 5.54 Å². The first-order chi connectivity index (χ1) is 14.1. The zero-order chi connectivity index (χ0) is 20.3. The largest absolute Gasteiger partial charge is 0.333 e. The molecule has 0 unspecified atom stereocenters. The van der Waals surface area contributed by atoms with E-state index >= 15 is 0 Å². The summed E-state index contributed by atoms with van der Waals surface area (Å²) in [5.41, 5.74) is 0.982. The maximum Gasteiger partial charge on any atom is 0.325 e. The van der Waals surface area contributed by atoms with Crippen LogP contribution in [0.4, 0.5) is 10.5 Å². The van der Waals surface area contributed by atoms with Gasteiger partial charge in [0.1, 0.15) is 5.54 Å². The summed E-state index contributed by atoms with van der Waals surface area (Å²) in [6, 6.07) is 7.20. The summed E-state index contributed by atoms with van der Waals surface area (Å²) >= 11 is 0. The van der Waals surface area contributed by atoms with E-state index in [0.29, 0.717) is 25.1 Å². The minimum Gasteiger partial charge on any atom is -0.333 e. The molecule has 8 heteroatoms. The highest BCUT2D eigenvalue weighted by atomic mass is 16.2. The molecule has 1 saturated carbocycles. The molecular formula is C21H25N5O3. The van der Waals surface area contributed by atoms with Crippen molar-refractivity contribution in [3.05, 3.63) is 48.5 Å². The third kappa shape index (κ3) is 4.16. The molecule has 0 atom stereocenters. The first kappa shape index (κ1) is 19.2. The maximum absolute atomic E-state index is 12.8. The van der Waals surface area contributed by atoms with Crippen molar-refractivity contribution in [2.24, 2.45) is 0 Å². The van der Waals surface area contributed by atoms with Crippen LogP contribution in [0.2, 0.25) is 0 Å². The minimum absolute atomic E-state index is 0.0704. The number of rotatable bonds is 6. The van der Waals surface area contributed by atoms with E-state index in [1.165, 1.54) is 4.90 Å². The van der Waals surface area contributed by atoms with E-state index in [1.54, 1.807) is 12.5 Å². The highest BCUT2D eigenvalue weighted by molar-refractivity contribution is 6.07. The highest BCUT2D eigenvalue weighted by Crippen LogP contribution is 2.33. The summed E-state index contributed by atoms with van der Waals surface area (Å²) in [6.07, 6.45) is 9.75. The summed E-state index contributed by atoms with van der Waals surface area (Å²) in [6.45, 7) is 0.751. The molecule has 2 N–H and O–H groups in total. The predicted molar refractivity (Wildman–Crippen MR) is 107 cm³/mol. The number of aromatic nitrogens is 2. The molecule has 8 nitrogen and oxygen atoms in total. The molecule has 4 amide bonds. The number of hydrogen-bond acceptors (Lipinski definition) is 4. The lowest BCUT2D eigenvalue weighted by Crippen LogP contribution is -2.48. The van der Waals surface area contributed by atoms with E-state index in [2.05, 4.69) is 15.6 Å². The van der Waals surface area contributed by atoms with Crippen LogP contribution in [0, 0.1) is 0 Å². The van der Waals surface area contributed by atoms with E-state index in [0.717, 1.165) is 24.8 Å². The van der Waals surface area contributed by atoms with Gasteiger partial charge in [0, 0.05) is 37.6 Å². The Morgan fingerprint density at radius 2 is 2.03 bits per heavy atom. The van der Waals surface area contributed by atoms with E-state index in [4.69, 9.17) is 0 Å². The Morgan fingerprint density at radius 3 is 2.79 bits per heavy atom. The van der Waals surface area contributed by atoms with Crippen LogP contribution in [0.1, 0.15) is 44.1 Å². The van der Waals surface area contributed by atoms with Gasteiger partial charge >= 0.3 is 6.03 Å². The Labute approximate surface area is 169 Å². The minimum atomic E-state index is -0.743. The molecule has 152 valence electrons. The molecule has 1 aliphatic heterocycles. The fourth-order valence-corrected chi connectivity index (χ4v) is 4.15. The molecule has 1 aromatic carbocycles. The zero-order valence-electron chi connectivity index (χ0n) is 16.3. The Bertz CT molecular complexity index is 903. The van der Waals surface area contributed by atoms with Crippen LogP contribution >= 0.6 is 0 Å². The number of hydrogen-bond donors (Lipinski definition) is 2. The SMILES string of the molecule is O=C(CCN1C(=O)NC2(CCCCC2)C1=O)Nc1cccc(Cn2ccnc2)c1.